The Balaban J connectivity index is 2.57. The van der Waals surface area contributed by atoms with E-state index in [9.17, 15) is 4.79 Å². The van der Waals surface area contributed by atoms with Crippen LogP contribution in [0.25, 0.3) is 0 Å². The Morgan fingerprint density at radius 1 is 1.18 bits per heavy atom. The summed E-state index contributed by atoms with van der Waals surface area (Å²) in [4.78, 5) is 13.2. The third-order valence-corrected chi connectivity index (χ3v) is 3.48. The van der Waals surface area contributed by atoms with Gasteiger partial charge >= 0.3 is 0 Å². The van der Waals surface area contributed by atoms with E-state index in [-0.39, 0.29) is 11.2 Å². The van der Waals surface area contributed by atoms with Gasteiger partial charge in [-0.15, -0.1) is 11.8 Å². The van der Waals surface area contributed by atoms with Gasteiger partial charge in [0.1, 0.15) is 0 Å². The molecule has 0 bridgehead atoms. The van der Waals surface area contributed by atoms with E-state index in [0.29, 0.717) is 6.42 Å². The first-order valence-corrected chi connectivity index (χ1v) is 7.17. The highest BCUT2D eigenvalue weighted by Crippen LogP contribution is 2.23. The van der Waals surface area contributed by atoms with E-state index in [0.717, 1.165) is 17.7 Å². The van der Waals surface area contributed by atoms with Gasteiger partial charge in [0, 0.05) is 16.9 Å². The van der Waals surface area contributed by atoms with Gasteiger partial charge in [-0.25, -0.2) is 0 Å². The molecule has 0 atom stereocenters. The summed E-state index contributed by atoms with van der Waals surface area (Å²) in [5.74, 6) is 1.32. The van der Waals surface area contributed by atoms with Gasteiger partial charge in [-0.3, -0.25) is 4.79 Å². The normalized spacial score (nSPS) is 11.5. The highest BCUT2D eigenvalue weighted by atomic mass is 32.2. The fourth-order valence-corrected chi connectivity index (χ4v) is 2.20. The first kappa shape index (κ1) is 14.3. The minimum atomic E-state index is 0.230. The number of benzene rings is 1. The van der Waals surface area contributed by atoms with Crippen molar-refractivity contribution in [3.8, 4) is 0 Å². The first-order chi connectivity index (χ1) is 7.92. The van der Waals surface area contributed by atoms with Crippen molar-refractivity contribution in [3.63, 3.8) is 0 Å². The van der Waals surface area contributed by atoms with Crippen LogP contribution in [0.1, 0.15) is 50.9 Å². The summed E-state index contributed by atoms with van der Waals surface area (Å²) in [6.07, 6.45) is 1.58. The predicted octanol–water partition coefficient (Wildman–Crippen LogP) is 4.81. The first-order valence-electron chi connectivity index (χ1n) is 6.18. The van der Waals surface area contributed by atoms with E-state index >= 15 is 0 Å². The average molecular weight is 250 g/mol. The molecule has 94 valence electrons. The Bertz CT molecular complexity index is 360. The van der Waals surface area contributed by atoms with Crippen molar-refractivity contribution in [1.29, 1.82) is 0 Å². The molecule has 1 aromatic rings. The van der Waals surface area contributed by atoms with Crippen LogP contribution in [0.5, 0.6) is 0 Å². The molecule has 0 N–H and O–H groups in total. The van der Waals surface area contributed by atoms with Crippen LogP contribution < -0.4 is 0 Å². The molecule has 2 heteroatoms. The van der Waals surface area contributed by atoms with Crippen LogP contribution in [0.15, 0.2) is 29.2 Å². The number of thioether (sulfide) groups is 1. The number of carbonyl (C=O) groups excluding carboxylic acids is 1. The molecular weight excluding hydrogens is 228 g/mol. The summed E-state index contributed by atoms with van der Waals surface area (Å²) >= 11 is 1.80. The number of ketones is 1. The van der Waals surface area contributed by atoms with Gasteiger partial charge in [-0.1, -0.05) is 39.8 Å². The molecule has 0 spiro atoms. The molecule has 0 aliphatic heterocycles. The Hall–Kier alpha value is -0.760. The number of Topliss-reactive ketones (excluding diaryl/α,β-unsaturated/α-hetero) is 1. The topological polar surface area (TPSA) is 17.1 Å². The third kappa shape index (κ3) is 5.40. The van der Waals surface area contributed by atoms with Crippen molar-refractivity contribution < 1.29 is 4.79 Å². The molecule has 1 rings (SSSR count). The standard InChI is InChI=1S/C15H22OS/c1-5-17-13-8-6-12(7-9-13)14(16)10-11-15(2,3)4/h6-9H,5,10-11H2,1-4H3. The molecule has 0 saturated heterocycles. The summed E-state index contributed by atoms with van der Waals surface area (Å²) in [7, 11) is 0. The van der Waals surface area contributed by atoms with Crippen molar-refractivity contribution in [2.45, 2.75) is 45.4 Å². The van der Waals surface area contributed by atoms with Crippen molar-refractivity contribution in [2.24, 2.45) is 5.41 Å². The molecule has 0 radical (unpaired) electrons. The smallest absolute Gasteiger partial charge is 0.162 e. The van der Waals surface area contributed by atoms with Gasteiger partial charge in [-0.2, -0.15) is 0 Å². The Morgan fingerprint density at radius 2 is 1.76 bits per heavy atom. The summed E-state index contributed by atoms with van der Waals surface area (Å²) in [5, 5.41) is 0. The van der Waals surface area contributed by atoms with E-state index in [1.54, 1.807) is 11.8 Å². The number of hydrogen-bond acceptors (Lipinski definition) is 2. The van der Waals surface area contributed by atoms with E-state index in [1.165, 1.54) is 4.90 Å². The zero-order valence-electron chi connectivity index (χ0n) is 11.2. The minimum absolute atomic E-state index is 0.230. The summed E-state index contributed by atoms with van der Waals surface area (Å²) in [6.45, 7) is 8.64. The monoisotopic (exact) mass is 250 g/mol. The molecule has 0 saturated carbocycles. The van der Waals surface area contributed by atoms with E-state index < -0.39 is 0 Å². The molecule has 0 heterocycles. The highest BCUT2D eigenvalue weighted by molar-refractivity contribution is 7.99. The summed E-state index contributed by atoms with van der Waals surface area (Å²) < 4.78 is 0. The van der Waals surface area contributed by atoms with Gasteiger partial charge in [-0.05, 0) is 29.7 Å². The second-order valence-corrected chi connectivity index (χ2v) is 6.78. The van der Waals surface area contributed by atoms with Crippen LogP contribution in [0.2, 0.25) is 0 Å². The molecule has 0 aliphatic rings. The quantitative estimate of drug-likeness (QED) is 0.551. The van der Waals surface area contributed by atoms with Gasteiger partial charge < -0.3 is 0 Å². The van der Waals surface area contributed by atoms with Crippen molar-refractivity contribution in [1.82, 2.24) is 0 Å². The Morgan fingerprint density at radius 3 is 2.24 bits per heavy atom. The summed E-state index contributed by atoms with van der Waals surface area (Å²) in [5.41, 5.74) is 1.07. The van der Waals surface area contributed by atoms with Crippen LogP contribution in [-0.2, 0) is 0 Å². The Labute approximate surface area is 109 Å². The predicted molar refractivity (Wildman–Crippen MR) is 75.9 cm³/mol. The van der Waals surface area contributed by atoms with E-state index in [4.69, 9.17) is 0 Å². The summed E-state index contributed by atoms with van der Waals surface area (Å²) in [6, 6.07) is 7.98. The molecule has 0 unspecified atom stereocenters. The molecular formula is C15H22OS. The van der Waals surface area contributed by atoms with Gasteiger partial charge in [0.05, 0.1) is 0 Å². The zero-order valence-corrected chi connectivity index (χ0v) is 12.1. The van der Waals surface area contributed by atoms with E-state index in [2.05, 4.69) is 27.7 Å². The van der Waals surface area contributed by atoms with Crippen LogP contribution in [-0.4, -0.2) is 11.5 Å². The second-order valence-electron chi connectivity index (χ2n) is 5.44. The lowest BCUT2D eigenvalue weighted by atomic mass is 9.88. The number of carbonyl (C=O) groups is 1. The van der Waals surface area contributed by atoms with Gasteiger partial charge in [0.25, 0.3) is 0 Å². The molecule has 0 fully saturated rings. The minimum Gasteiger partial charge on any atom is -0.294 e. The Kier molecular flexibility index (Phi) is 5.26. The van der Waals surface area contributed by atoms with Crippen molar-refractivity contribution >= 4 is 17.5 Å². The highest BCUT2D eigenvalue weighted by Gasteiger charge is 2.13. The molecule has 0 amide bonds. The number of hydrogen-bond donors (Lipinski definition) is 0. The molecule has 17 heavy (non-hydrogen) atoms. The maximum atomic E-state index is 12.0. The fraction of sp³-hybridized carbons (Fsp3) is 0.533. The largest absolute Gasteiger partial charge is 0.294 e. The average Bonchev–Trinajstić information content (AvgIpc) is 2.26. The number of rotatable bonds is 5. The fourth-order valence-electron chi connectivity index (χ4n) is 1.54. The SMILES string of the molecule is CCSc1ccc(C(=O)CCC(C)(C)C)cc1. The van der Waals surface area contributed by atoms with E-state index in [1.807, 2.05) is 24.3 Å². The van der Waals surface area contributed by atoms with Crippen molar-refractivity contribution in [3.05, 3.63) is 29.8 Å². The van der Waals surface area contributed by atoms with Crippen LogP contribution in [0.3, 0.4) is 0 Å². The molecule has 0 aromatic heterocycles. The maximum Gasteiger partial charge on any atom is 0.162 e. The van der Waals surface area contributed by atoms with Gasteiger partial charge in [0.15, 0.2) is 5.78 Å². The lowest BCUT2D eigenvalue weighted by Gasteiger charge is -2.17. The van der Waals surface area contributed by atoms with Crippen molar-refractivity contribution in [2.75, 3.05) is 5.75 Å². The third-order valence-electron chi connectivity index (χ3n) is 2.59. The zero-order chi connectivity index (χ0) is 12.9. The van der Waals surface area contributed by atoms with Crippen LogP contribution in [0.4, 0.5) is 0 Å². The lowest BCUT2D eigenvalue weighted by molar-refractivity contribution is 0.0966. The van der Waals surface area contributed by atoms with Crippen LogP contribution in [0, 0.1) is 5.41 Å². The van der Waals surface area contributed by atoms with Gasteiger partial charge in [0.2, 0.25) is 0 Å². The molecule has 1 nitrogen and oxygen atoms in total. The molecule has 0 aliphatic carbocycles. The molecule has 1 aromatic carbocycles. The second kappa shape index (κ2) is 6.25. The van der Waals surface area contributed by atoms with Crippen LogP contribution >= 0.6 is 11.8 Å². The maximum absolute atomic E-state index is 12.0. The lowest BCUT2D eigenvalue weighted by Crippen LogP contribution is -2.09.